The highest BCUT2D eigenvalue weighted by atomic mass is 19.4. The first-order valence-corrected chi connectivity index (χ1v) is 6.16. The van der Waals surface area contributed by atoms with Gasteiger partial charge in [-0.1, -0.05) is 0 Å². The summed E-state index contributed by atoms with van der Waals surface area (Å²) in [7, 11) is 0. The van der Waals surface area contributed by atoms with E-state index in [1.807, 2.05) is 0 Å². The number of hydrogen-bond acceptors (Lipinski definition) is 3. The molecule has 1 atom stereocenters. The fourth-order valence-corrected chi connectivity index (χ4v) is 1.66. The first kappa shape index (κ1) is 16.2. The van der Waals surface area contributed by atoms with Crippen LogP contribution in [-0.2, 0) is 4.79 Å². The van der Waals surface area contributed by atoms with E-state index < -0.39 is 24.7 Å². The molecule has 1 heterocycles. The van der Waals surface area contributed by atoms with Gasteiger partial charge in [-0.05, 0) is 30.7 Å². The van der Waals surface area contributed by atoms with Gasteiger partial charge < -0.3 is 10.1 Å². The van der Waals surface area contributed by atoms with Crippen molar-refractivity contribution in [2.24, 2.45) is 4.99 Å². The normalized spacial score (nSPS) is 18.8. The topological polar surface area (TPSA) is 50.7 Å². The molecule has 0 saturated heterocycles. The third-order valence-electron chi connectivity index (χ3n) is 2.88. The van der Waals surface area contributed by atoms with E-state index in [0.717, 1.165) is 6.21 Å². The molecule has 0 bridgehead atoms. The van der Waals surface area contributed by atoms with Crippen LogP contribution in [0.3, 0.4) is 0 Å². The fraction of sp³-hybridized carbons (Fsp3) is 0.385. The number of nitrogens with one attached hydrogen (secondary N) is 1. The lowest BCUT2D eigenvalue weighted by atomic mass is 10.1. The van der Waals surface area contributed by atoms with Crippen LogP contribution in [0.15, 0.2) is 23.2 Å². The zero-order chi connectivity index (χ0) is 16.5. The van der Waals surface area contributed by atoms with E-state index >= 15 is 0 Å². The average Bonchev–Trinajstić information content (AvgIpc) is 2.39. The quantitative estimate of drug-likeness (QED) is 0.687. The van der Waals surface area contributed by atoms with Crippen LogP contribution in [0.25, 0.3) is 0 Å². The van der Waals surface area contributed by atoms with Crippen LogP contribution in [0.2, 0.25) is 0 Å². The number of carbonyl (C=O) groups excluding carboxylic acids is 1. The number of aliphatic imine (C=N–C) groups is 1. The van der Waals surface area contributed by atoms with Crippen LogP contribution in [-0.4, -0.2) is 36.9 Å². The molecule has 0 radical (unpaired) electrons. The third-order valence-corrected chi connectivity index (χ3v) is 2.88. The minimum atomic E-state index is -5.64. The first-order valence-electron chi connectivity index (χ1n) is 6.16. The Morgan fingerprint density at radius 1 is 1.32 bits per heavy atom. The van der Waals surface area contributed by atoms with Gasteiger partial charge in [-0.25, -0.2) is 0 Å². The molecule has 0 aliphatic carbocycles. The van der Waals surface area contributed by atoms with E-state index in [-0.39, 0.29) is 11.5 Å². The Bertz CT molecular complexity index is 613. The van der Waals surface area contributed by atoms with Crippen LogP contribution in [0.4, 0.5) is 27.6 Å². The summed E-state index contributed by atoms with van der Waals surface area (Å²) in [5, 5.41) is 2.53. The predicted molar refractivity (Wildman–Crippen MR) is 68.6 cm³/mol. The molecule has 1 N–H and O–H groups in total. The maximum absolute atomic E-state index is 12.7. The Hall–Kier alpha value is -2.19. The molecule has 1 aromatic carbocycles. The second kappa shape index (κ2) is 5.54. The third kappa shape index (κ3) is 3.34. The van der Waals surface area contributed by atoms with Crippen molar-refractivity contribution in [2.45, 2.75) is 25.1 Å². The van der Waals surface area contributed by atoms with Gasteiger partial charge in [-0.15, -0.1) is 0 Å². The molecule has 0 saturated carbocycles. The highest BCUT2D eigenvalue weighted by Crippen LogP contribution is 2.35. The van der Waals surface area contributed by atoms with Crippen molar-refractivity contribution in [1.29, 1.82) is 0 Å². The Kier molecular flexibility index (Phi) is 4.08. The summed E-state index contributed by atoms with van der Waals surface area (Å²) in [5.41, 5.74) is 0.560. The zero-order valence-corrected chi connectivity index (χ0v) is 11.2. The number of halogens is 5. The lowest BCUT2D eigenvalue weighted by Crippen LogP contribution is -2.39. The monoisotopic (exact) mass is 322 g/mol. The predicted octanol–water partition coefficient (Wildman–Crippen LogP) is 3.02. The van der Waals surface area contributed by atoms with E-state index in [4.69, 9.17) is 4.74 Å². The second-order valence-electron chi connectivity index (χ2n) is 4.68. The van der Waals surface area contributed by atoms with Gasteiger partial charge in [-0.3, -0.25) is 9.79 Å². The fourth-order valence-electron chi connectivity index (χ4n) is 1.66. The van der Waals surface area contributed by atoms with Crippen molar-refractivity contribution >= 4 is 17.8 Å². The maximum Gasteiger partial charge on any atom is 0.455 e. The Balaban J connectivity index is 2.11. The molecule has 4 nitrogen and oxygen atoms in total. The molecule has 1 aromatic rings. The molecule has 9 heteroatoms. The van der Waals surface area contributed by atoms with Crippen LogP contribution in [0.5, 0.6) is 5.75 Å². The summed E-state index contributed by atoms with van der Waals surface area (Å²) in [4.78, 5) is 14.5. The molecule has 22 heavy (non-hydrogen) atoms. The van der Waals surface area contributed by atoms with E-state index in [1.165, 1.54) is 18.2 Å². The number of amides is 1. The average molecular weight is 322 g/mol. The van der Waals surface area contributed by atoms with Crippen molar-refractivity contribution in [3.8, 4) is 5.75 Å². The highest BCUT2D eigenvalue weighted by Gasteiger charge is 2.57. The Morgan fingerprint density at radius 2 is 2.00 bits per heavy atom. The summed E-state index contributed by atoms with van der Waals surface area (Å²) in [5.74, 6) is -4.89. The molecular weight excluding hydrogens is 311 g/mol. The summed E-state index contributed by atoms with van der Waals surface area (Å²) in [6.45, 7) is -0.152. The number of anilines is 1. The number of carbonyl (C=O) groups is 1. The van der Waals surface area contributed by atoms with Gasteiger partial charge in [0.2, 0.25) is 0 Å². The van der Waals surface area contributed by atoms with Gasteiger partial charge in [-0.2, -0.15) is 22.0 Å². The summed E-state index contributed by atoms with van der Waals surface area (Å²) in [6.07, 6.45) is -5.43. The van der Waals surface area contributed by atoms with Crippen LogP contribution in [0.1, 0.15) is 12.5 Å². The van der Waals surface area contributed by atoms with Crippen molar-refractivity contribution < 1.29 is 31.5 Å². The van der Waals surface area contributed by atoms with Gasteiger partial charge >= 0.3 is 12.1 Å². The molecule has 0 unspecified atom stereocenters. The minimum absolute atomic E-state index is 0.259. The number of alkyl halides is 5. The molecule has 0 aromatic heterocycles. The van der Waals surface area contributed by atoms with Crippen molar-refractivity contribution in [1.82, 2.24) is 0 Å². The molecular formula is C13H11F5N2O2. The minimum Gasteiger partial charge on any atom is -0.479 e. The number of ether oxygens (including phenoxy) is 1. The van der Waals surface area contributed by atoms with E-state index in [1.54, 1.807) is 6.92 Å². The number of hydrogen-bond donors (Lipinski definition) is 1. The van der Waals surface area contributed by atoms with Crippen molar-refractivity contribution in [3.05, 3.63) is 23.8 Å². The van der Waals surface area contributed by atoms with Gasteiger partial charge in [0.05, 0.1) is 5.69 Å². The smallest absolute Gasteiger partial charge is 0.455 e. The highest BCUT2D eigenvalue weighted by molar-refractivity contribution is 5.98. The summed E-state index contributed by atoms with van der Waals surface area (Å²) < 4.78 is 66.6. The van der Waals surface area contributed by atoms with E-state index in [0.29, 0.717) is 11.4 Å². The lowest BCUT2D eigenvalue weighted by Gasteiger charge is -2.23. The van der Waals surface area contributed by atoms with Crippen LogP contribution >= 0.6 is 0 Å². The van der Waals surface area contributed by atoms with Gasteiger partial charge in [0.15, 0.2) is 6.10 Å². The maximum atomic E-state index is 12.7. The largest absolute Gasteiger partial charge is 0.479 e. The Morgan fingerprint density at radius 3 is 2.64 bits per heavy atom. The summed E-state index contributed by atoms with van der Waals surface area (Å²) in [6, 6.07) is 4.27. The second-order valence-corrected chi connectivity index (χ2v) is 4.68. The molecule has 1 aliphatic heterocycles. The number of fused-ring (bicyclic) bond motifs is 1. The number of rotatable bonds is 3. The standard InChI is InChI=1S/C13H11F5N2O2/c1-7-11(21)20-9-4-8(2-3-10(9)22-7)5-19-6-12(14,15)13(16,17)18/h2-5,7H,6H2,1H3,(H,20,21)/t7-/m1/s1. The Labute approximate surface area is 122 Å². The zero-order valence-electron chi connectivity index (χ0n) is 11.2. The molecule has 120 valence electrons. The molecule has 0 spiro atoms. The van der Waals surface area contributed by atoms with Crippen molar-refractivity contribution in [3.63, 3.8) is 0 Å². The SMILES string of the molecule is C[C@H]1Oc2ccc(C=NCC(F)(F)C(F)(F)F)cc2NC1=O. The number of nitrogens with zero attached hydrogens (tertiary/aromatic N) is 1. The molecule has 2 rings (SSSR count). The van der Waals surface area contributed by atoms with Crippen LogP contribution in [0, 0.1) is 0 Å². The molecule has 0 fully saturated rings. The number of benzene rings is 1. The van der Waals surface area contributed by atoms with Crippen LogP contribution < -0.4 is 10.1 Å². The van der Waals surface area contributed by atoms with Gasteiger partial charge in [0.1, 0.15) is 12.3 Å². The van der Waals surface area contributed by atoms with Gasteiger partial charge in [0, 0.05) is 6.21 Å². The molecule has 1 amide bonds. The lowest BCUT2D eigenvalue weighted by molar-refractivity contribution is -0.276. The van der Waals surface area contributed by atoms with E-state index in [9.17, 15) is 26.7 Å². The van der Waals surface area contributed by atoms with Gasteiger partial charge in [0.25, 0.3) is 5.91 Å². The summed E-state index contributed by atoms with van der Waals surface area (Å²) >= 11 is 0. The first-order chi connectivity index (χ1) is 10.1. The molecule has 1 aliphatic rings. The van der Waals surface area contributed by atoms with E-state index in [2.05, 4.69) is 10.3 Å². The van der Waals surface area contributed by atoms with Crippen molar-refractivity contribution in [2.75, 3.05) is 11.9 Å².